The van der Waals surface area contributed by atoms with Gasteiger partial charge in [-0.2, -0.15) is 0 Å². The molecule has 0 radical (unpaired) electrons. The Morgan fingerprint density at radius 1 is 1.12 bits per heavy atom. The van der Waals surface area contributed by atoms with Crippen molar-refractivity contribution in [1.29, 1.82) is 0 Å². The summed E-state index contributed by atoms with van der Waals surface area (Å²) in [6.45, 7) is 2.83. The lowest BCUT2D eigenvalue weighted by Gasteiger charge is -2.12. The van der Waals surface area contributed by atoms with Crippen molar-refractivity contribution >= 4 is 35.1 Å². The third-order valence-corrected chi connectivity index (χ3v) is 4.37. The molecule has 0 N–H and O–H groups in total. The van der Waals surface area contributed by atoms with Gasteiger partial charge in [0.15, 0.2) is 5.76 Å². The molecule has 1 aliphatic rings. The molecule has 1 amide bonds. The van der Waals surface area contributed by atoms with Gasteiger partial charge in [-0.05, 0) is 42.4 Å². The van der Waals surface area contributed by atoms with Crippen LogP contribution in [0.25, 0.3) is 6.08 Å². The molecule has 0 atom stereocenters. The van der Waals surface area contributed by atoms with E-state index in [1.807, 2.05) is 43.3 Å². The van der Waals surface area contributed by atoms with Crippen molar-refractivity contribution in [3.8, 4) is 0 Å². The van der Waals surface area contributed by atoms with E-state index in [1.165, 1.54) is 19.3 Å². The molecule has 0 bridgehead atoms. The Hall–Kier alpha value is -1.88. The van der Waals surface area contributed by atoms with E-state index in [2.05, 4.69) is 6.92 Å². The van der Waals surface area contributed by atoms with Gasteiger partial charge in [-0.3, -0.25) is 9.69 Å². The topological polar surface area (TPSA) is 32.8 Å². The molecule has 0 saturated carbocycles. The second-order valence-corrected chi connectivity index (χ2v) is 6.58. The predicted octanol–water partition coefficient (Wildman–Crippen LogP) is 4.21. The zero-order valence-corrected chi connectivity index (χ0v) is 15.6. The molecule has 0 spiro atoms. The number of rotatable bonds is 8. The van der Waals surface area contributed by atoms with Crippen molar-refractivity contribution < 1.29 is 9.53 Å². The normalized spacial score (nSPS) is 16.0. The van der Waals surface area contributed by atoms with Crippen molar-refractivity contribution in [2.45, 2.75) is 39.0 Å². The van der Waals surface area contributed by atoms with Gasteiger partial charge in [0.2, 0.25) is 0 Å². The summed E-state index contributed by atoms with van der Waals surface area (Å²) in [5, 5.41) is 0.270. The average Bonchev–Trinajstić information content (AvgIpc) is 2.82. The molecule has 1 aromatic carbocycles. The lowest BCUT2D eigenvalue weighted by molar-refractivity contribution is -0.122. The summed E-state index contributed by atoms with van der Waals surface area (Å²) in [5.74, 6) is 0.179. The van der Waals surface area contributed by atoms with Crippen LogP contribution in [0.15, 0.2) is 30.0 Å². The third kappa shape index (κ3) is 4.81. The van der Waals surface area contributed by atoms with Crippen LogP contribution in [-0.4, -0.2) is 36.6 Å². The van der Waals surface area contributed by atoms with Gasteiger partial charge in [-0.25, -0.2) is 0 Å². The molecule has 1 fully saturated rings. The zero-order valence-electron chi connectivity index (χ0n) is 14.7. The Bertz CT molecular complexity index is 608. The highest BCUT2D eigenvalue weighted by Crippen LogP contribution is 2.22. The van der Waals surface area contributed by atoms with Gasteiger partial charge in [0.1, 0.15) is 0 Å². The Labute approximate surface area is 150 Å². The Morgan fingerprint density at radius 3 is 2.42 bits per heavy atom. The highest BCUT2D eigenvalue weighted by molar-refractivity contribution is 7.80. The number of anilines is 1. The average molecular weight is 346 g/mol. The van der Waals surface area contributed by atoms with Crippen LogP contribution in [0.1, 0.15) is 44.6 Å². The van der Waals surface area contributed by atoms with Gasteiger partial charge in [0, 0.05) is 26.3 Å². The van der Waals surface area contributed by atoms with Crippen molar-refractivity contribution in [3.63, 3.8) is 0 Å². The molecule has 1 heterocycles. The summed E-state index contributed by atoms with van der Waals surface area (Å²) < 4.78 is 5.50. The summed E-state index contributed by atoms with van der Waals surface area (Å²) >= 11 is 5.20. The second kappa shape index (κ2) is 8.83. The third-order valence-electron chi connectivity index (χ3n) is 4.07. The maximum atomic E-state index is 12.5. The van der Waals surface area contributed by atoms with Crippen molar-refractivity contribution in [2.75, 3.05) is 25.5 Å². The van der Waals surface area contributed by atoms with Gasteiger partial charge < -0.3 is 9.64 Å². The van der Waals surface area contributed by atoms with E-state index >= 15 is 0 Å². The van der Waals surface area contributed by atoms with Crippen molar-refractivity contribution in [2.24, 2.45) is 0 Å². The largest absolute Gasteiger partial charge is 0.426 e. The number of benzene rings is 1. The lowest BCUT2D eigenvalue weighted by Crippen LogP contribution is -2.29. The standard InChI is InChI=1S/C19H26N2O2S/c1-4-5-6-7-8-13-21-18(22)17(23-19(21)24)14-15-9-11-16(12-10-15)20(2)3/h9-12,14H,4-8,13H2,1-3H3/b17-14+. The number of amides is 1. The fourth-order valence-corrected chi connectivity index (χ4v) is 2.85. The van der Waals surface area contributed by atoms with E-state index < -0.39 is 0 Å². The first-order chi connectivity index (χ1) is 11.5. The summed E-state index contributed by atoms with van der Waals surface area (Å²) in [6.07, 6.45) is 7.48. The highest BCUT2D eigenvalue weighted by atomic mass is 32.1. The van der Waals surface area contributed by atoms with E-state index in [9.17, 15) is 4.79 Å². The molecule has 0 aromatic heterocycles. The number of ether oxygens (including phenoxy) is 1. The molecular formula is C19H26N2O2S. The Morgan fingerprint density at radius 2 is 1.79 bits per heavy atom. The smallest absolute Gasteiger partial charge is 0.297 e. The number of carbonyl (C=O) groups excluding carboxylic acids is 1. The number of nitrogens with zero attached hydrogens (tertiary/aromatic N) is 2. The fraction of sp³-hybridized carbons (Fsp3) is 0.474. The first-order valence-electron chi connectivity index (χ1n) is 8.55. The van der Waals surface area contributed by atoms with Crippen LogP contribution in [0.4, 0.5) is 5.69 Å². The number of hydrogen-bond donors (Lipinski definition) is 0. The van der Waals surface area contributed by atoms with Crippen LogP contribution in [0.2, 0.25) is 0 Å². The first-order valence-corrected chi connectivity index (χ1v) is 8.96. The van der Waals surface area contributed by atoms with E-state index in [0.717, 1.165) is 24.1 Å². The Balaban J connectivity index is 1.97. The summed E-state index contributed by atoms with van der Waals surface area (Å²) in [4.78, 5) is 16.1. The SMILES string of the molecule is CCCCCCCN1C(=O)/C(=C\c2ccc(N(C)C)cc2)OC1=S. The Kier molecular flexibility index (Phi) is 6.79. The summed E-state index contributed by atoms with van der Waals surface area (Å²) in [6, 6.07) is 7.95. The number of unbranched alkanes of at least 4 members (excludes halogenated alkanes) is 4. The van der Waals surface area contributed by atoms with Crippen LogP contribution in [-0.2, 0) is 9.53 Å². The van der Waals surface area contributed by atoms with E-state index in [0.29, 0.717) is 12.3 Å². The molecular weight excluding hydrogens is 320 g/mol. The monoisotopic (exact) mass is 346 g/mol. The number of thiocarbonyl (C=S) groups is 1. The second-order valence-electron chi connectivity index (χ2n) is 6.23. The molecule has 1 aliphatic heterocycles. The molecule has 0 aliphatic carbocycles. The molecule has 2 rings (SSSR count). The molecule has 1 saturated heterocycles. The van der Waals surface area contributed by atoms with Crippen LogP contribution >= 0.6 is 12.2 Å². The fourth-order valence-electron chi connectivity index (χ4n) is 2.59. The molecule has 4 nitrogen and oxygen atoms in total. The highest BCUT2D eigenvalue weighted by Gasteiger charge is 2.32. The molecule has 0 unspecified atom stereocenters. The van der Waals surface area contributed by atoms with Crippen molar-refractivity contribution in [3.05, 3.63) is 35.6 Å². The van der Waals surface area contributed by atoms with Gasteiger partial charge >= 0.3 is 0 Å². The van der Waals surface area contributed by atoms with Gasteiger partial charge in [0.25, 0.3) is 11.1 Å². The predicted molar refractivity (Wildman–Crippen MR) is 103 cm³/mol. The van der Waals surface area contributed by atoms with E-state index in [4.69, 9.17) is 17.0 Å². The summed E-state index contributed by atoms with van der Waals surface area (Å²) in [5.41, 5.74) is 2.04. The molecule has 24 heavy (non-hydrogen) atoms. The maximum Gasteiger partial charge on any atom is 0.297 e. The van der Waals surface area contributed by atoms with Crippen LogP contribution in [0.3, 0.4) is 0 Å². The number of carbonyl (C=O) groups is 1. The maximum absolute atomic E-state index is 12.5. The van der Waals surface area contributed by atoms with E-state index in [-0.39, 0.29) is 11.1 Å². The van der Waals surface area contributed by atoms with Crippen molar-refractivity contribution in [1.82, 2.24) is 4.90 Å². The molecule has 1 aromatic rings. The van der Waals surface area contributed by atoms with Crippen LogP contribution < -0.4 is 4.90 Å². The van der Waals surface area contributed by atoms with Gasteiger partial charge in [-0.15, -0.1) is 0 Å². The minimum atomic E-state index is -0.132. The van der Waals surface area contributed by atoms with Crippen LogP contribution in [0.5, 0.6) is 0 Å². The molecule has 130 valence electrons. The quantitative estimate of drug-likeness (QED) is 0.401. The minimum absolute atomic E-state index is 0.132. The molecule has 5 heteroatoms. The minimum Gasteiger partial charge on any atom is -0.426 e. The van der Waals surface area contributed by atoms with Crippen LogP contribution in [0, 0.1) is 0 Å². The lowest BCUT2D eigenvalue weighted by atomic mass is 10.1. The van der Waals surface area contributed by atoms with Gasteiger partial charge in [0.05, 0.1) is 0 Å². The van der Waals surface area contributed by atoms with Gasteiger partial charge in [-0.1, -0.05) is 44.7 Å². The summed E-state index contributed by atoms with van der Waals surface area (Å²) in [7, 11) is 3.99. The number of hydrogen-bond acceptors (Lipinski definition) is 4. The first kappa shape index (κ1) is 18.5. The zero-order chi connectivity index (χ0) is 17.5. The van der Waals surface area contributed by atoms with E-state index in [1.54, 1.807) is 11.0 Å².